The molecule has 0 nitrogen and oxygen atoms in total. The van der Waals surface area contributed by atoms with Crippen LogP contribution in [0.25, 0.3) is 0 Å². The van der Waals surface area contributed by atoms with Crippen LogP contribution in [0.3, 0.4) is 0 Å². The van der Waals surface area contributed by atoms with E-state index in [1.807, 2.05) is 0 Å². The van der Waals surface area contributed by atoms with Crippen LogP contribution in [0.5, 0.6) is 0 Å². The third-order valence-electron chi connectivity index (χ3n) is 5.11. The van der Waals surface area contributed by atoms with Crippen LogP contribution in [-0.4, -0.2) is 0 Å². The summed E-state index contributed by atoms with van der Waals surface area (Å²) in [7, 11) is -2.16. The normalized spacial score (nSPS) is 11.4. The first-order chi connectivity index (χ1) is 12.9. The van der Waals surface area contributed by atoms with Gasteiger partial charge in [-0.15, -0.1) is 12.4 Å². The molecule has 4 aromatic rings. The Morgan fingerprint density at radius 2 is 0.704 bits per heavy atom. The molecule has 0 saturated heterocycles. The Labute approximate surface area is 168 Å². The van der Waals surface area contributed by atoms with Gasteiger partial charge in [-0.1, -0.05) is 0 Å². The molecule has 0 heterocycles. The summed E-state index contributed by atoms with van der Waals surface area (Å²) >= 11 is 0. The molecular weight excluding hydrogens is 367 g/mol. The second kappa shape index (κ2) is 9.00. The fourth-order valence-corrected chi connectivity index (χ4v) is 8.62. The van der Waals surface area contributed by atoms with Gasteiger partial charge >= 0.3 is 156 Å². The van der Waals surface area contributed by atoms with E-state index in [1.165, 1.54) is 21.5 Å². The van der Waals surface area contributed by atoms with E-state index < -0.39 is 7.26 Å². The van der Waals surface area contributed by atoms with Crippen LogP contribution in [-0.2, 0) is 6.16 Å². The molecule has 0 aliphatic rings. The van der Waals surface area contributed by atoms with Crippen molar-refractivity contribution in [3.8, 4) is 0 Å². The van der Waals surface area contributed by atoms with Crippen LogP contribution in [0.4, 0.5) is 0 Å². The minimum atomic E-state index is -2.16. The van der Waals surface area contributed by atoms with Gasteiger partial charge in [-0.2, -0.15) is 0 Å². The Morgan fingerprint density at radius 3 is 1.04 bits per heavy atom. The predicted octanol–water partition coefficient (Wildman–Crippen LogP) is 5.33. The minimum absolute atomic E-state index is 0. The standard InChI is InChI=1S/C25H23P.ClH/c1-5-13-22(14-6-1)21-26(23-15-7-2-8-16-23,24-17-9-3-10-18-24)25-19-11-4-12-20-25;/h1-20,26H,21H2;1H. The van der Waals surface area contributed by atoms with Gasteiger partial charge in [0.05, 0.1) is 0 Å². The molecule has 0 atom stereocenters. The second-order valence-electron chi connectivity index (χ2n) is 6.67. The van der Waals surface area contributed by atoms with Gasteiger partial charge in [0.15, 0.2) is 0 Å². The van der Waals surface area contributed by atoms with Gasteiger partial charge in [0.25, 0.3) is 0 Å². The molecule has 0 N–H and O–H groups in total. The zero-order valence-corrected chi connectivity index (χ0v) is 17.0. The molecule has 0 spiro atoms. The molecule has 4 rings (SSSR count). The average molecular weight is 391 g/mol. The van der Waals surface area contributed by atoms with Crippen molar-refractivity contribution in [3.05, 3.63) is 127 Å². The quantitative estimate of drug-likeness (QED) is 0.404. The number of benzene rings is 4. The van der Waals surface area contributed by atoms with Crippen molar-refractivity contribution in [1.82, 2.24) is 0 Å². The molecule has 0 aromatic heterocycles. The van der Waals surface area contributed by atoms with Gasteiger partial charge in [-0.25, -0.2) is 0 Å². The Kier molecular flexibility index (Phi) is 6.45. The molecule has 0 unspecified atom stereocenters. The second-order valence-corrected chi connectivity index (χ2v) is 10.6. The van der Waals surface area contributed by atoms with Crippen LogP contribution in [0.1, 0.15) is 5.56 Å². The number of hydrogen-bond acceptors (Lipinski definition) is 0. The first-order valence-corrected chi connectivity index (χ1v) is 11.3. The van der Waals surface area contributed by atoms with Gasteiger partial charge in [0.1, 0.15) is 0 Å². The maximum absolute atomic E-state index is 2.31. The van der Waals surface area contributed by atoms with Gasteiger partial charge < -0.3 is 0 Å². The van der Waals surface area contributed by atoms with Crippen molar-refractivity contribution in [1.29, 1.82) is 0 Å². The van der Waals surface area contributed by atoms with E-state index in [0.29, 0.717) is 0 Å². The van der Waals surface area contributed by atoms with E-state index in [9.17, 15) is 0 Å². The fourth-order valence-electron chi connectivity index (χ4n) is 3.88. The molecular formula is C25H24ClP. The summed E-state index contributed by atoms with van der Waals surface area (Å²) in [5, 5.41) is 4.38. The number of rotatable bonds is 5. The summed E-state index contributed by atoms with van der Waals surface area (Å²) in [5.74, 6) is 0. The SMILES string of the molecule is Cl.c1ccc(C[PH](c2ccccc2)(c2ccccc2)c2ccccc2)cc1. The summed E-state index contributed by atoms with van der Waals surface area (Å²) in [5.41, 5.74) is 1.40. The monoisotopic (exact) mass is 390 g/mol. The summed E-state index contributed by atoms with van der Waals surface area (Å²) in [6.45, 7) is 0. The van der Waals surface area contributed by atoms with Crippen molar-refractivity contribution in [2.45, 2.75) is 6.16 Å². The Morgan fingerprint density at radius 1 is 0.407 bits per heavy atom. The summed E-state index contributed by atoms with van der Waals surface area (Å²) < 4.78 is 0. The van der Waals surface area contributed by atoms with Crippen molar-refractivity contribution in [2.24, 2.45) is 0 Å². The molecule has 0 bridgehead atoms. The Hall–Kier alpha value is -2.40. The van der Waals surface area contributed by atoms with Gasteiger partial charge in [-0.3, -0.25) is 0 Å². The topological polar surface area (TPSA) is 0 Å². The molecule has 2 heteroatoms. The van der Waals surface area contributed by atoms with Crippen molar-refractivity contribution in [3.63, 3.8) is 0 Å². The fraction of sp³-hybridized carbons (Fsp3) is 0.0400. The van der Waals surface area contributed by atoms with Crippen LogP contribution >= 0.6 is 19.7 Å². The number of hydrogen-bond donors (Lipinski definition) is 0. The van der Waals surface area contributed by atoms with E-state index in [0.717, 1.165) is 6.16 Å². The Balaban J connectivity index is 0.00000210. The van der Waals surface area contributed by atoms with Crippen LogP contribution in [0.2, 0.25) is 0 Å². The van der Waals surface area contributed by atoms with Gasteiger partial charge in [-0.05, 0) is 0 Å². The molecule has 27 heavy (non-hydrogen) atoms. The first-order valence-electron chi connectivity index (χ1n) is 9.10. The molecule has 136 valence electrons. The van der Waals surface area contributed by atoms with Gasteiger partial charge in [0, 0.05) is 0 Å². The molecule has 0 amide bonds. The molecule has 0 fully saturated rings. The van der Waals surface area contributed by atoms with Crippen molar-refractivity contribution in [2.75, 3.05) is 0 Å². The van der Waals surface area contributed by atoms with E-state index in [-0.39, 0.29) is 12.4 Å². The van der Waals surface area contributed by atoms with Crippen molar-refractivity contribution >= 4 is 35.6 Å². The molecule has 0 radical (unpaired) electrons. The molecule has 0 aliphatic heterocycles. The molecule has 0 saturated carbocycles. The van der Waals surface area contributed by atoms with Gasteiger partial charge in [0.2, 0.25) is 0 Å². The van der Waals surface area contributed by atoms with E-state index in [4.69, 9.17) is 0 Å². The average Bonchev–Trinajstić information content (AvgIpc) is 2.75. The van der Waals surface area contributed by atoms with Crippen LogP contribution in [0.15, 0.2) is 121 Å². The number of halogens is 1. The zero-order chi connectivity index (χ0) is 17.7. The molecule has 0 aliphatic carbocycles. The summed E-state index contributed by atoms with van der Waals surface area (Å²) in [6, 6.07) is 44.2. The predicted molar refractivity (Wildman–Crippen MR) is 124 cm³/mol. The molecule has 4 aromatic carbocycles. The van der Waals surface area contributed by atoms with Crippen LogP contribution in [0, 0.1) is 0 Å². The van der Waals surface area contributed by atoms with E-state index in [2.05, 4.69) is 121 Å². The third-order valence-corrected chi connectivity index (χ3v) is 10.0. The Bertz CT molecular complexity index is 842. The first kappa shape index (κ1) is 19.4. The maximum atomic E-state index is 2.31. The van der Waals surface area contributed by atoms with E-state index in [1.54, 1.807) is 0 Å². The van der Waals surface area contributed by atoms with Crippen molar-refractivity contribution < 1.29 is 0 Å². The summed E-state index contributed by atoms with van der Waals surface area (Å²) in [4.78, 5) is 0. The third kappa shape index (κ3) is 3.98. The zero-order valence-electron chi connectivity index (χ0n) is 15.2. The summed E-state index contributed by atoms with van der Waals surface area (Å²) in [6.07, 6.45) is 1.06. The van der Waals surface area contributed by atoms with Crippen LogP contribution < -0.4 is 15.9 Å². The van der Waals surface area contributed by atoms with E-state index >= 15 is 0 Å².